The molecule has 0 saturated carbocycles. The SMILES string of the molecule is Cc1nc2ccccc2n1[C@@H]1CCNC1. The van der Waals surface area contributed by atoms with Crippen molar-refractivity contribution in [2.45, 2.75) is 19.4 Å². The largest absolute Gasteiger partial charge is 0.324 e. The molecule has 0 unspecified atom stereocenters. The number of hydrogen-bond donors (Lipinski definition) is 1. The van der Waals surface area contributed by atoms with Crippen LogP contribution in [0.2, 0.25) is 0 Å². The van der Waals surface area contributed by atoms with Crippen molar-refractivity contribution in [2.24, 2.45) is 0 Å². The predicted octanol–water partition coefficient (Wildman–Crippen LogP) is 1.88. The monoisotopic (exact) mass is 201 g/mol. The van der Waals surface area contributed by atoms with E-state index < -0.39 is 0 Å². The standard InChI is InChI=1S/C12H15N3/c1-9-14-11-4-2-3-5-12(11)15(9)10-6-7-13-8-10/h2-5,10,13H,6-8H2,1H3/t10-/m1/s1. The van der Waals surface area contributed by atoms with Gasteiger partial charge in [-0.25, -0.2) is 4.98 Å². The number of aryl methyl sites for hydroxylation is 1. The van der Waals surface area contributed by atoms with Gasteiger partial charge in [0.05, 0.1) is 11.0 Å². The van der Waals surface area contributed by atoms with Crippen molar-refractivity contribution >= 4 is 11.0 Å². The molecule has 3 rings (SSSR count). The second kappa shape index (κ2) is 3.35. The summed E-state index contributed by atoms with van der Waals surface area (Å²) < 4.78 is 2.37. The number of para-hydroxylation sites is 2. The van der Waals surface area contributed by atoms with Gasteiger partial charge in [0.1, 0.15) is 5.82 Å². The minimum absolute atomic E-state index is 0.581. The molecule has 2 heterocycles. The van der Waals surface area contributed by atoms with Gasteiger partial charge in [-0.3, -0.25) is 0 Å². The van der Waals surface area contributed by atoms with Crippen LogP contribution in [0, 0.1) is 6.92 Å². The van der Waals surface area contributed by atoms with Crippen molar-refractivity contribution in [2.75, 3.05) is 13.1 Å². The number of fused-ring (bicyclic) bond motifs is 1. The molecule has 1 aliphatic rings. The zero-order valence-corrected chi connectivity index (χ0v) is 8.90. The summed E-state index contributed by atoms with van der Waals surface area (Å²) in [5.41, 5.74) is 2.38. The number of nitrogens with one attached hydrogen (secondary N) is 1. The molecule has 1 saturated heterocycles. The molecule has 0 amide bonds. The fourth-order valence-corrected chi connectivity index (χ4v) is 2.49. The van der Waals surface area contributed by atoms with Crippen LogP contribution in [-0.2, 0) is 0 Å². The molecule has 2 aromatic rings. The van der Waals surface area contributed by atoms with E-state index in [0.717, 1.165) is 24.4 Å². The van der Waals surface area contributed by atoms with Crippen molar-refractivity contribution in [1.82, 2.24) is 14.9 Å². The molecular weight excluding hydrogens is 186 g/mol. The Morgan fingerprint density at radius 2 is 2.27 bits per heavy atom. The Balaban J connectivity index is 2.19. The maximum Gasteiger partial charge on any atom is 0.107 e. The Morgan fingerprint density at radius 3 is 3.07 bits per heavy atom. The van der Waals surface area contributed by atoms with Crippen LogP contribution in [0.25, 0.3) is 11.0 Å². The highest BCUT2D eigenvalue weighted by molar-refractivity contribution is 5.76. The summed E-state index contributed by atoms with van der Waals surface area (Å²) in [6.45, 7) is 4.29. The molecule has 1 aliphatic heterocycles. The van der Waals surface area contributed by atoms with Crippen molar-refractivity contribution in [1.29, 1.82) is 0 Å². The third-order valence-electron chi connectivity index (χ3n) is 3.17. The normalized spacial score (nSPS) is 21.3. The van der Waals surface area contributed by atoms with E-state index >= 15 is 0 Å². The van der Waals surface area contributed by atoms with Gasteiger partial charge < -0.3 is 9.88 Å². The molecule has 3 nitrogen and oxygen atoms in total. The first-order valence-corrected chi connectivity index (χ1v) is 5.50. The van der Waals surface area contributed by atoms with E-state index in [2.05, 4.69) is 40.0 Å². The predicted molar refractivity (Wildman–Crippen MR) is 61.0 cm³/mol. The maximum atomic E-state index is 4.59. The minimum Gasteiger partial charge on any atom is -0.324 e. The summed E-state index contributed by atoms with van der Waals surface area (Å²) in [5.74, 6) is 1.13. The van der Waals surface area contributed by atoms with Crippen molar-refractivity contribution < 1.29 is 0 Å². The quantitative estimate of drug-likeness (QED) is 0.763. The molecule has 78 valence electrons. The number of hydrogen-bond acceptors (Lipinski definition) is 2. The molecule has 1 aromatic carbocycles. The Bertz CT molecular complexity index is 481. The lowest BCUT2D eigenvalue weighted by atomic mass is 10.2. The van der Waals surface area contributed by atoms with Gasteiger partial charge in [0, 0.05) is 12.6 Å². The molecule has 0 aliphatic carbocycles. The summed E-state index contributed by atoms with van der Waals surface area (Å²) in [4.78, 5) is 4.59. The molecule has 0 bridgehead atoms. The van der Waals surface area contributed by atoms with Crippen LogP contribution in [0.1, 0.15) is 18.3 Å². The highest BCUT2D eigenvalue weighted by atomic mass is 15.1. The van der Waals surface area contributed by atoms with Crippen LogP contribution in [0.3, 0.4) is 0 Å². The highest BCUT2D eigenvalue weighted by Gasteiger charge is 2.20. The lowest BCUT2D eigenvalue weighted by Gasteiger charge is -2.13. The maximum absolute atomic E-state index is 4.59. The molecule has 15 heavy (non-hydrogen) atoms. The topological polar surface area (TPSA) is 29.9 Å². The molecule has 1 aromatic heterocycles. The van der Waals surface area contributed by atoms with Crippen molar-refractivity contribution in [3.05, 3.63) is 30.1 Å². The first-order valence-electron chi connectivity index (χ1n) is 5.50. The van der Waals surface area contributed by atoms with E-state index in [1.807, 2.05) is 6.07 Å². The van der Waals surface area contributed by atoms with Gasteiger partial charge in [-0.1, -0.05) is 12.1 Å². The number of imidazole rings is 1. The van der Waals surface area contributed by atoms with E-state index in [1.54, 1.807) is 0 Å². The average molecular weight is 201 g/mol. The van der Waals surface area contributed by atoms with Crippen LogP contribution in [0.4, 0.5) is 0 Å². The summed E-state index contributed by atoms with van der Waals surface area (Å²) in [6, 6.07) is 8.96. The third-order valence-corrected chi connectivity index (χ3v) is 3.17. The van der Waals surface area contributed by atoms with Crippen LogP contribution in [0.5, 0.6) is 0 Å². The summed E-state index contributed by atoms with van der Waals surface area (Å²) in [7, 11) is 0. The molecular formula is C12H15N3. The number of aromatic nitrogens is 2. The lowest BCUT2D eigenvalue weighted by Crippen LogP contribution is -2.14. The first-order chi connectivity index (χ1) is 7.36. The van der Waals surface area contributed by atoms with E-state index in [1.165, 1.54) is 11.9 Å². The molecule has 1 N–H and O–H groups in total. The Hall–Kier alpha value is -1.35. The number of nitrogens with zero attached hydrogens (tertiary/aromatic N) is 2. The van der Waals surface area contributed by atoms with Gasteiger partial charge >= 0.3 is 0 Å². The van der Waals surface area contributed by atoms with Crippen molar-refractivity contribution in [3.8, 4) is 0 Å². The Labute approximate surface area is 89.1 Å². The zero-order valence-electron chi connectivity index (χ0n) is 8.90. The smallest absolute Gasteiger partial charge is 0.107 e. The van der Waals surface area contributed by atoms with Gasteiger partial charge in [-0.05, 0) is 32.0 Å². The van der Waals surface area contributed by atoms with Gasteiger partial charge in [0.15, 0.2) is 0 Å². The van der Waals surface area contributed by atoms with Crippen molar-refractivity contribution in [3.63, 3.8) is 0 Å². The number of benzene rings is 1. The first kappa shape index (κ1) is 8.92. The van der Waals surface area contributed by atoms with Crippen LogP contribution in [-0.4, -0.2) is 22.6 Å². The Morgan fingerprint density at radius 1 is 1.40 bits per heavy atom. The molecule has 0 spiro atoms. The summed E-state index contributed by atoms with van der Waals surface area (Å²) in [5, 5.41) is 3.40. The summed E-state index contributed by atoms with van der Waals surface area (Å²) in [6.07, 6.45) is 1.21. The zero-order chi connectivity index (χ0) is 10.3. The van der Waals surface area contributed by atoms with E-state index in [4.69, 9.17) is 0 Å². The van der Waals surface area contributed by atoms with Gasteiger partial charge in [-0.15, -0.1) is 0 Å². The van der Waals surface area contributed by atoms with E-state index in [-0.39, 0.29) is 0 Å². The van der Waals surface area contributed by atoms with E-state index in [0.29, 0.717) is 6.04 Å². The van der Waals surface area contributed by atoms with Crippen LogP contribution in [0.15, 0.2) is 24.3 Å². The molecule has 0 radical (unpaired) electrons. The van der Waals surface area contributed by atoms with Gasteiger partial charge in [0.25, 0.3) is 0 Å². The summed E-state index contributed by atoms with van der Waals surface area (Å²) >= 11 is 0. The second-order valence-corrected chi connectivity index (χ2v) is 4.16. The lowest BCUT2D eigenvalue weighted by molar-refractivity contribution is 0.548. The van der Waals surface area contributed by atoms with Crippen LogP contribution >= 0.6 is 0 Å². The third kappa shape index (κ3) is 1.35. The second-order valence-electron chi connectivity index (χ2n) is 4.16. The average Bonchev–Trinajstić information content (AvgIpc) is 2.82. The molecule has 1 fully saturated rings. The minimum atomic E-state index is 0.581. The van der Waals surface area contributed by atoms with E-state index in [9.17, 15) is 0 Å². The fraction of sp³-hybridized carbons (Fsp3) is 0.417. The number of rotatable bonds is 1. The molecule has 3 heteroatoms. The molecule has 1 atom stereocenters. The van der Waals surface area contributed by atoms with Gasteiger partial charge in [0.2, 0.25) is 0 Å². The fourth-order valence-electron chi connectivity index (χ4n) is 2.49. The van der Waals surface area contributed by atoms with Gasteiger partial charge in [-0.2, -0.15) is 0 Å². The van der Waals surface area contributed by atoms with Crippen LogP contribution < -0.4 is 5.32 Å². The highest BCUT2D eigenvalue weighted by Crippen LogP contribution is 2.24. The Kier molecular flexibility index (Phi) is 1.99.